The van der Waals surface area contributed by atoms with Gasteiger partial charge >= 0.3 is 0 Å². The summed E-state index contributed by atoms with van der Waals surface area (Å²) in [6.45, 7) is 3.46. The third-order valence-electron chi connectivity index (χ3n) is 5.28. The molecule has 7 heteroatoms. The molecule has 1 aliphatic carbocycles. The molecule has 144 valence electrons. The summed E-state index contributed by atoms with van der Waals surface area (Å²) in [5, 5.41) is 0. The van der Waals surface area contributed by atoms with Crippen molar-refractivity contribution in [3.05, 3.63) is 29.8 Å². The quantitative estimate of drug-likeness (QED) is 0.687. The largest absolute Gasteiger partial charge is 0.496 e. The second-order valence-electron chi connectivity index (χ2n) is 7.18. The van der Waals surface area contributed by atoms with Crippen LogP contribution in [0.5, 0.6) is 5.75 Å². The lowest BCUT2D eigenvalue weighted by Gasteiger charge is -2.30. The smallest absolute Gasteiger partial charge is 0.237 e. The van der Waals surface area contributed by atoms with E-state index in [1.807, 2.05) is 31.2 Å². The molecule has 2 aliphatic rings. The van der Waals surface area contributed by atoms with E-state index in [2.05, 4.69) is 4.90 Å². The zero-order valence-electron chi connectivity index (χ0n) is 15.6. The van der Waals surface area contributed by atoms with Gasteiger partial charge in [-0.1, -0.05) is 18.2 Å². The van der Waals surface area contributed by atoms with Crippen LogP contribution >= 0.6 is 0 Å². The Bertz CT molecular complexity index is 746. The first-order chi connectivity index (χ1) is 12.4. The van der Waals surface area contributed by atoms with E-state index in [0.717, 1.165) is 24.2 Å². The first-order valence-electron chi connectivity index (χ1n) is 9.29. The monoisotopic (exact) mass is 380 g/mol. The van der Waals surface area contributed by atoms with Crippen molar-refractivity contribution in [1.82, 2.24) is 9.80 Å². The van der Waals surface area contributed by atoms with Crippen LogP contribution in [0.2, 0.25) is 0 Å². The number of rotatable bonds is 8. The summed E-state index contributed by atoms with van der Waals surface area (Å²) in [6, 6.07) is 8.13. The summed E-state index contributed by atoms with van der Waals surface area (Å²) in [7, 11) is -1.34. The van der Waals surface area contributed by atoms with E-state index in [1.54, 1.807) is 12.0 Å². The minimum Gasteiger partial charge on any atom is -0.496 e. The average Bonchev–Trinajstić information content (AvgIpc) is 3.39. The van der Waals surface area contributed by atoms with Gasteiger partial charge in [0.1, 0.15) is 5.75 Å². The molecular weight excluding hydrogens is 352 g/mol. The standard InChI is InChI=1S/C19H28N2O4S/c1-3-21(17-10-11-26(23,24)14-17)19(22)13-20(16-8-9-16)12-15-6-4-5-7-18(15)25-2/h4-7,16-17H,3,8-14H2,1-2H3. The highest BCUT2D eigenvalue weighted by molar-refractivity contribution is 7.91. The fourth-order valence-corrected chi connectivity index (χ4v) is 5.46. The van der Waals surface area contributed by atoms with E-state index in [1.165, 1.54) is 0 Å². The Kier molecular flexibility index (Phi) is 5.87. The fraction of sp³-hybridized carbons (Fsp3) is 0.632. The highest BCUT2D eigenvalue weighted by Crippen LogP contribution is 2.30. The SMILES string of the molecule is CCN(C(=O)CN(Cc1ccccc1OC)C1CC1)C1CCS(=O)(=O)C1. The Hall–Kier alpha value is -1.60. The molecule has 1 saturated heterocycles. The van der Waals surface area contributed by atoms with Crippen LogP contribution in [0.15, 0.2) is 24.3 Å². The lowest BCUT2D eigenvalue weighted by molar-refractivity contribution is -0.134. The van der Waals surface area contributed by atoms with E-state index < -0.39 is 9.84 Å². The van der Waals surface area contributed by atoms with Crippen molar-refractivity contribution in [1.29, 1.82) is 0 Å². The summed E-state index contributed by atoms with van der Waals surface area (Å²) in [4.78, 5) is 16.9. The van der Waals surface area contributed by atoms with Crippen LogP contribution in [0.1, 0.15) is 31.7 Å². The summed E-state index contributed by atoms with van der Waals surface area (Å²) >= 11 is 0. The van der Waals surface area contributed by atoms with Gasteiger partial charge in [0.25, 0.3) is 0 Å². The Morgan fingerprint density at radius 2 is 1.92 bits per heavy atom. The minimum absolute atomic E-state index is 0.0244. The Balaban J connectivity index is 1.68. The molecule has 1 atom stereocenters. The Morgan fingerprint density at radius 1 is 1.19 bits per heavy atom. The van der Waals surface area contributed by atoms with Gasteiger partial charge in [0, 0.05) is 30.7 Å². The first-order valence-corrected chi connectivity index (χ1v) is 11.1. The van der Waals surface area contributed by atoms with Gasteiger partial charge in [-0.25, -0.2) is 8.42 Å². The number of ether oxygens (including phenoxy) is 1. The topological polar surface area (TPSA) is 66.9 Å². The lowest BCUT2D eigenvalue weighted by atomic mass is 10.1. The normalized spacial score (nSPS) is 21.7. The molecule has 0 N–H and O–H groups in total. The number of sulfone groups is 1. The number of nitrogens with zero attached hydrogens (tertiary/aromatic N) is 2. The second-order valence-corrected chi connectivity index (χ2v) is 9.41. The maximum absolute atomic E-state index is 12.9. The van der Waals surface area contributed by atoms with Crippen molar-refractivity contribution >= 4 is 15.7 Å². The number of hydrogen-bond donors (Lipinski definition) is 0. The average molecular weight is 381 g/mol. The van der Waals surface area contributed by atoms with Crippen molar-refractivity contribution in [2.24, 2.45) is 0 Å². The van der Waals surface area contributed by atoms with Gasteiger partial charge in [-0.3, -0.25) is 9.69 Å². The first kappa shape index (κ1) is 19.2. The molecule has 6 nitrogen and oxygen atoms in total. The minimum atomic E-state index is -3.00. The number of amides is 1. The number of likely N-dealkylation sites (N-methyl/N-ethyl adjacent to an activating group) is 1. The van der Waals surface area contributed by atoms with E-state index in [9.17, 15) is 13.2 Å². The van der Waals surface area contributed by atoms with E-state index in [4.69, 9.17) is 4.74 Å². The van der Waals surface area contributed by atoms with Crippen molar-refractivity contribution in [3.63, 3.8) is 0 Å². The molecule has 0 spiro atoms. The Labute approximate surface area is 156 Å². The number of hydrogen-bond acceptors (Lipinski definition) is 5. The number of para-hydroxylation sites is 1. The van der Waals surface area contributed by atoms with Crippen molar-refractivity contribution in [3.8, 4) is 5.75 Å². The maximum Gasteiger partial charge on any atom is 0.237 e. The van der Waals surface area contributed by atoms with Crippen molar-refractivity contribution < 1.29 is 17.9 Å². The molecule has 26 heavy (non-hydrogen) atoms. The van der Waals surface area contributed by atoms with Gasteiger partial charge in [-0.05, 0) is 32.3 Å². The molecule has 0 radical (unpaired) electrons. The third kappa shape index (κ3) is 4.57. The van der Waals surface area contributed by atoms with Crippen LogP contribution < -0.4 is 4.74 Å². The molecule has 1 saturated carbocycles. The predicted octanol–water partition coefficient (Wildman–Crippen LogP) is 1.70. The van der Waals surface area contributed by atoms with E-state index in [-0.39, 0.29) is 23.5 Å². The molecule has 0 bridgehead atoms. The highest BCUT2D eigenvalue weighted by Gasteiger charge is 2.36. The summed E-state index contributed by atoms with van der Waals surface area (Å²) in [6.07, 6.45) is 2.76. The van der Waals surface area contributed by atoms with Crippen LogP contribution in [0.3, 0.4) is 0 Å². The molecule has 2 fully saturated rings. The number of methoxy groups -OCH3 is 1. The van der Waals surface area contributed by atoms with Crippen molar-refractivity contribution in [2.45, 2.75) is 44.8 Å². The van der Waals surface area contributed by atoms with Gasteiger partial charge in [-0.15, -0.1) is 0 Å². The van der Waals surface area contributed by atoms with Gasteiger partial charge < -0.3 is 9.64 Å². The predicted molar refractivity (Wildman–Crippen MR) is 101 cm³/mol. The molecule has 1 aliphatic heterocycles. The molecule has 0 aromatic heterocycles. The summed E-state index contributed by atoms with van der Waals surface area (Å²) < 4.78 is 29.0. The second kappa shape index (κ2) is 7.96. The van der Waals surface area contributed by atoms with Crippen LogP contribution in [0, 0.1) is 0 Å². The maximum atomic E-state index is 12.9. The van der Waals surface area contributed by atoms with Gasteiger partial charge in [0.15, 0.2) is 9.84 Å². The molecular formula is C19H28N2O4S. The molecule has 1 amide bonds. The number of carbonyl (C=O) groups excluding carboxylic acids is 1. The van der Waals surface area contributed by atoms with Crippen LogP contribution in [0.4, 0.5) is 0 Å². The zero-order valence-corrected chi connectivity index (χ0v) is 16.4. The number of benzene rings is 1. The van der Waals surface area contributed by atoms with Gasteiger partial charge in [-0.2, -0.15) is 0 Å². The summed E-state index contributed by atoms with van der Waals surface area (Å²) in [5.41, 5.74) is 1.07. The van der Waals surface area contributed by atoms with Crippen molar-refractivity contribution in [2.75, 3.05) is 31.7 Å². The molecule has 1 aromatic carbocycles. The highest BCUT2D eigenvalue weighted by atomic mass is 32.2. The molecule has 1 aromatic rings. The van der Waals surface area contributed by atoms with Crippen LogP contribution in [-0.4, -0.2) is 67.9 Å². The van der Waals surface area contributed by atoms with Crippen LogP contribution in [0.25, 0.3) is 0 Å². The number of carbonyl (C=O) groups is 1. The van der Waals surface area contributed by atoms with Gasteiger partial charge in [0.2, 0.25) is 5.91 Å². The Morgan fingerprint density at radius 3 is 2.50 bits per heavy atom. The molecule has 1 unspecified atom stereocenters. The molecule has 1 heterocycles. The fourth-order valence-electron chi connectivity index (χ4n) is 3.73. The third-order valence-corrected chi connectivity index (χ3v) is 7.03. The molecule has 3 rings (SSSR count). The van der Waals surface area contributed by atoms with E-state index >= 15 is 0 Å². The lowest BCUT2D eigenvalue weighted by Crippen LogP contribution is -2.46. The summed E-state index contributed by atoms with van der Waals surface area (Å²) in [5.74, 6) is 1.15. The zero-order chi connectivity index (χ0) is 18.7. The van der Waals surface area contributed by atoms with Gasteiger partial charge in [0.05, 0.1) is 25.2 Å². The van der Waals surface area contributed by atoms with E-state index in [0.29, 0.717) is 32.1 Å². The van der Waals surface area contributed by atoms with Crippen LogP contribution in [-0.2, 0) is 21.2 Å².